The van der Waals surface area contributed by atoms with Crippen molar-refractivity contribution in [1.82, 2.24) is 9.21 Å². The summed E-state index contributed by atoms with van der Waals surface area (Å²) < 4.78 is 30.6. The fraction of sp³-hybridized carbons (Fsp3) is 0.562. The highest BCUT2D eigenvalue weighted by Crippen LogP contribution is 2.26. The quantitative estimate of drug-likeness (QED) is 0.831. The van der Waals surface area contributed by atoms with E-state index in [1.165, 1.54) is 4.31 Å². The number of amides is 1. The maximum absolute atomic E-state index is 12.8. The van der Waals surface area contributed by atoms with Crippen LogP contribution in [0.15, 0.2) is 12.1 Å². The maximum Gasteiger partial charge on any atom is 0.257 e. The Hall–Kier alpha value is -1.60. The van der Waals surface area contributed by atoms with E-state index in [4.69, 9.17) is 4.74 Å². The van der Waals surface area contributed by atoms with Gasteiger partial charge in [-0.15, -0.1) is 0 Å². The summed E-state index contributed by atoms with van der Waals surface area (Å²) >= 11 is 0. The lowest BCUT2D eigenvalue weighted by Crippen LogP contribution is -2.50. The van der Waals surface area contributed by atoms with Crippen LogP contribution in [-0.2, 0) is 10.0 Å². The van der Waals surface area contributed by atoms with Gasteiger partial charge < -0.3 is 9.64 Å². The predicted molar refractivity (Wildman–Crippen MR) is 89.4 cm³/mol. The molecule has 7 heteroatoms. The van der Waals surface area contributed by atoms with Crippen LogP contribution < -0.4 is 4.74 Å². The lowest BCUT2D eigenvalue weighted by Gasteiger charge is -2.34. The van der Waals surface area contributed by atoms with E-state index in [9.17, 15) is 13.2 Å². The number of sulfonamides is 1. The zero-order valence-electron chi connectivity index (χ0n) is 14.1. The van der Waals surface area contributed by atoms with E-state index >= 15 is 0 Å². The van der Waals surface area contributed by atoms with Gasteiger partial charge in [0.05, 0.1) is 18.4 Å². The number of piperazine rings is 1. The number of benzene rings is 1. The first-order chi connectivity index (χ1) is 10.8. The minimum Gasteiger partial charge on any atom is -0.496 e. The van der Waals surface area contributed by atoms with Crippen LogP contribution >= 0.6 is 0 Å². The lowest BCUT2D eigenvalue weighted by atomic mass is 10.0. The van der Waals surface area contributed by atoms with E-state index in [0.717, 1.165) is 11.1 Å². The molecule has 23 heavy (non-hydrogen) atoms. The van der Waals surface area contributed by atoms with Crippen molar-refractivity contribution in [3.05, 3.63) is 28.8 Å². The molecule has 0 spiro atoms. The van der Waals surface area contributed by atoms with Gasteiger partial charge in [-0.25, -0.2) is 8.42 Å². The van der Waals surface area contributed by atoms with Crippen molar-refractivity contribution in [3.63, 3.8) is 0 Å². The minimum atomic E-state index is -3.19. The third-order valence-electron chi connectivity index (χ3n) is 4.14. The molecule has 0 bridgehead atoms. The second-order valence-corrected chi connectivity index (χ2v) is 8.01. The minimum absolute atomic E-state index is 0.0891. The first-order valence-corrected chi connectivity index (χ1v) is 9.33. The van der Waals surface area contributed by atoms with Crippen molar-refractivity contribution in [2.75, 3.05) is 39.0 Å². The van der Waals surface area contributed by atoms with Crippen molar-refractivity contribution < 1.29 is 17.9 Å². The third kappa shape index (κ3) is 3.67. The van der Waals surface area contributed by atoms with Gasteiger partial charge in [0.15, 0.2) is 0 Å². The first kappa shape index (κ1) is 17.7. The largest absolute Gasteiger partial charge is 0.496 e. The zero-order valence-corrected chi connectivity index (χ0v) is 14.9. The molecule has 0 aromatic heterocycles. The Morgan fingerprint density at radius 3 is 2.30 bits per heavy atom. The number of rotatable bonds is 4. The van der Waals surface area contributed by atoms with Crippen LogP contribution in [-0.4, -0.2) is 62.6 Å². The molecule has 0 atom stereocenters. The number of nitrogens with zero attached hydrogens (tertiary/aromatic N) is 2. The Morgan fingerprint density at radius 2 is 1.78 bits per heavy atom. The molecule has 0 saturated carbocycles. The number of carbonyl (C=O) groups is 1. The van der Waals surface area contributed by atoms with Crippen LogP contribution in [0.3, 0.4) is 0 Å². The summed E-state index contributed by atoms with van der Waals surface area (Å²) in [5, 5.41) is 0. The van der Waals surface area contributed by atoms with Gasteiger partial charge in [0.2, 0.25) is 10.0 Å². The standard InChI is InChI=1S/C16H24N2O4S/c1-5-23(20,21)18-8-6-17(7-9-18)16(19)14-11-12(2)10-13(3)15(14)22-4/h10-11H,5-9H2,1-4H3. The Labute approximate surface area is 138 Å². The van der Waals surface area contributed by atoms with Crippen molar-refractivity contribution in [2.24, 2.45) is 0 Å². The highest BCUT2D eigenvalue weighted by molar-refractivity contribution is 7.89. The lowest BCUT2D eigenvalue weighted by molar-refractivity contribution is 0.0694. The van der Waals surface area contributed by atoms with Crippen LogP contribution in [0.2, 0.25) is 0 Å². The summed E-state index contributed by atoms with van der Waals surface area (Å²) in [6, 6.07) is 3.80. The number of ether oxygens (including phenoxy) is 1. The first-order valence-electron chi connectivity index (χ1n) is 7.72. The van der Waals surface area contributed by atoms with Crippen LogP contribution in [0.5, 0.6) is 5.75 Å². The Kier molecular flexibility index (Phi) is 5.31. The van der Waals surface area contributed by atoms with E-state index in [0.29, 0.717) is 37.5 Å². The van der Waals surface area contributed by atoms with E-state index in [1.807, 2.05) is 26.0 Å². The summed E-state index contributed by atoms with van der Waals surface area (Å²) in [6.45, 7) is 6.96. The molecule has 1 saturated heterocycles. The van der Waals surface area contributed by atoms with Gasteiger partial charge >= 0.3 is 0 Å². The molecule has 0 unspecified atom stereocenters. The van der Waals surface area contributed by atoms with Gasteiger partial charge in [0, 0.05) is 26.2 Å². The summed E-state index contributed by atoms with van der Waals surface area (Å²) in [5.41, 5.74) is 2.46. The third-order valence-corrected chi connectivity index (χ3v) is 6.02. The molecule has 0 radical (unpaired) electrons. The normalized spacial score (nSPS) is 16.4. The molecular formula is C16H24N2O4S. The van der Waals surface area contributed by atoms with Gasteiger partial charge in [0.1, 0.15) is 5.75 Å². The number of carbonyl (C=O) groups excluding carboxylic acids is 1. The van der Waals surface area contributed by atoms with Gasteiger partial charge in [0.25, 0.3) is 5.91 Å². The van der Waals surface area contributed by atoms with E-state index in [1.54, 1.807) is 18.9 Å². The second kappa shape index (κ2) is 6.88. The summed E-state index contributed by atoms with van der Waals surface area (Å²) in [4.78, 5) is 14.5. The monoisotopic (exact) mass is 340 g/mol. The molecule has 128 valence electrons. The van der Waals surface area contributed by atoms with Crippen LogP contribution in [0.4, 0.5) is 0 Å². The Balaban J connectivity index is 2.18. The van der Waals surface area contributed by atoms with Crippen molar-refractivity contribution in [2.45, 2.75) is 20.8 Å². The molecule has 1 aliphatic heterocycles. The fourth-order valence-corrected chi connectivity index (χ4v) is 3.99. The molecule has 1 aromatic rings. The van der Waals surface area contributed by atoms with Gasteiger partial charge in [-0.05, 0) is 38.0 Å². The van der Waals surface area contributed by atoms with Crippen molar-refractivity contribution in [1.29, 1.82) is 0 Å². The second-order valence-electron chi connectivity index (χ2n) is 5.75. The average Bonchev–Trinajstić information content (AvgIpc) is 2.53. The van der Waals surface area contributed by atoms with Gasteiger partial charge in [-0.1, -0.05) is 6.07 Å². The topological polar surface area (TPSA) is 66.9 Å². The molecule has 1 aliphatic rings. The molecule has 6 nitrogen and oxygen atoms in total. The number of aryl methyl sites for hydroxylation is 2. The highest BCUT2D eigenvalue weighted by atomic mass is 32.2. The number of hydrogen-bond donors (Lipinski definition) is 0. The van der Waals surface area contributed by atoms with Gasteiger partial charge in [-0.3, -0.25) is 4.79 Å². The van der Waals surface area contributed by atoms with E-state index in [2.05, 4.69) is 0 Å². The highest BCUT2D eigenvalue weighted by Gasteiger charge is 2.29. The smallest absolute Gasteiger partial charge is 0.257 e. The van der Waals surface area contributed by atoms with Crippen LogP contribution in [0.25, 0.3) is 0 Å². The summed E-state index contributed by atoms with van der Waals surface area (Å²) in [7, 11) is -1.63. The molecule has 1 heterocycles. The summed E-state index contributed by atoms with van der Waals surface area (Å²) in [5.74, 6) is 0.567. The fourth-order valence-electron chi connectivity index (χ4n) is 2.91. The maximum atomic E-state index is 12.8. The Morgan fingerprint density at radius 1 is 1.17 bits per heavy atom. The van der Waals surface area contributed by atoms with Crippen LogP contribution in [0.1, 0.15) is 28.4 Å². The van der Waals surface area contributed by atoms with Crippen molar-refractivity contribution in [3.8, 4) is 5.75 Å². The molecule has 0 N–H and O–H groups in total. The number of hydrogen-bond acceptors (Lipinski definition) is 4. The molecule has 2 rings (SSSR count). The predicted octanol–water partition coefficient (Wildman–Crippen LogP) is 1.42. The molecular weight excluding hydrogens is 316 g/mol. The SMILES string of the molecule is CCS(=O)(=O)N1CCN(C(=O)c2cc(C)cc(C)c2OC)CC1. The van der Waals surface area contributed by atoms with E-state index in [-0.39, 0.29) is 11.7 Å². The van der Waals surface area contributed by atoms with E-state index < -0.39 is 10.0 Å². The molecule has 0 aliphatic carbocycles. The van der Waals surface area contributed by atoms with Crippen molar-refractivity contribution >= 4 is 15.9 Å². The van der Waals surface area contributed by atoms with Gasteiger partial charge in [-0.2, -0.15) is 4.31 Å². The number of methoxy groups -OCH3 is 1. The molecule has 1 fully saturated rings. The van der Waals surface area contributed by atoms with Crippen LogP contribution in [0, 0.1) is 13.8 Å². The molecule has 1 aromatic carbocycles. The molecule has 1 amide bonds. The Bertz CT molecular complexity index is 692. The zero-order chi connectivity index (χ0) is 17.2. The summed E-state index contributed by atoms with van der Waals surface area (Å²) in [6.07, 6.45) is 0. The average molecular weight is 340 g/mol.